The Kier molecular flexibility index (Phi) is 10.5. The summed E-state index contributed by atoms with van der Waals surface area (Å²) in [5, 5.41) is 0. The minimum absolute atomic E-state index is 0.128. The van der Waals surface area contributed by atoms with E-state index in [9.17, 15) is 9.59 Å². The van der Waals surface area contributed by atoms with Gasteiger partial charge in [0.25, 0.3) is 0 Å². The second kappa shape index (κ2) is 11.5. The summed E-state index contributed by atoms with van der Waals surface area (Å²) >= 11 is 0. The van der Waals surface area contributed by atoms with Crippen molar-refractivity contribution in [3.05, 3.63) is 12.2 Å². The summed E-state index contributed by atoms with van der Waals surface area (Å²) < 4.78 is 23.9. The van der Waals surface area contributed by atoms with Crippen LogP contribution in [0.2, 0.25) is 0 Å². The number of methoxy groups -OCH3 is 1. The number of carbonyl (C=O) groups is 2. The molecule has 0 saturated carbocycles. The SMILES string of the molecule is C=C(C)C(=O)OCCOCCOCCOC(=O)OC. The Balaban J connectivity index is 3.17. The maximum atomic E-state index is 11.0. The van der Waals surface area contributed by atoms with Gasteiger partial charge in [-0.1, -0.05) is 6.58 Å². The van der Waals surface area contributed by atoms with Gasteiger partial charge in [-0.05, 0) is 6.92 Å². The molecule has 0 aliphatic rings. The number of carbonyl (C=O) groups excluding carboxylic acids is 2. The average molecular weight is 276 g/mol. The lowest BCUT2D eigenvalue weighted by molar-refractivity contribution is -0.140. The first kappa shape index (κ1) is 17.4. The first-order valence-electron chi connectivity index (χ1n) is 5.76. The van der Waals surface area contributed by atoms with Gasteiger partial charge in [0.2, 0.25) is 0 Å². The predicted octanol–water partition coefficient (Wildman–Crippen LogP) is 0.922. The van der Waals surface area contributed by atoms with E-state index in [0.29, 0.717) is 25.4 Å². The second-order valence-electron chi connectivity index (χ2n) is 3.44. The summed E-state index contributed by atoms with van der Waals surface area (Å²) in [5.41, 5.74) is 0.355. The number of hydrogen-bond donors (Lipinski definition) is 0. The fraction of sp³-hybridized carbons (Fsp3) is 0.667. The van der Waals surface area contributed by atoms with E-state index in [1.807, 2.05) is 0 Å². The Labute approximate surface area is 112 Å². The number of rotatable bonds is 10. The summed E-state index contributed by atoms with van der Waals surface area (Å²) in [6, 6.07) is 0. The van der Waals surface area contributed by atoms with Crippen molar-refractivity contribution in [2.75, 3.05) is 46.8 Å². The molecule has 0 aliphatic carbocycles. The third-order valence-electron chi connectivity index (χ3n) is 1.80. The quantitative estimate of drug-likeness (QED) is 0.333. The van der Waals surface area contributed by atoms with Gasteiger partial charge in [-0.15, -0.1) is 0 Å². The molecule has 0 heterocycles. The zero-order valence-corrected chi connectivity index (χ0v) is 11.3. The maximum absolute atomic E-state index is 11.0. The molecule has 0 radical (unpaired) electrons. The van der Waals surface area contributed by atoms with Crippen LogP contribution in [0.4, 0.5) is 4.79 Å². The first-order valence-corrected chi connectivity index (χ1v) is 5.76. The highest BCUT2D eigenvalue weighted by molar-refractivity contribution is 5.86. The molecular formula is C12H20O7. The van der Waals surface area contributed by atoms with Crippen molar-refractivity contribution in [3.63, 3.8) is 0 Å². The fourth-order valence-electron chi connectivity index (χ4n) is 0.881. The van der Waals surface area contributed by atoms with Crippen LogP contribution in [-0.4, -0.2) is 58.9 Å². The average Bonchev–Trinajstić information content (AvgIpc) is 2.39. The van der Waals surface area contributed by atoms with Crippen molar-refractivity contribution in [2.45, 2.75) is 6.92 Å². The molecular weight excluding hydrogens is 256 g/mol. The highest BCUT2D eigenvalue weighted by atomic mass is 16.7. The highest BCUT2D eigenvalue weighted by Crippen LogP contribution is 1.91. The van der Waals surface area contributed by atoms with Crippen LogP contribution in [-0.2, 0) is 28.5 Å². The molecule has 0 saturated heterocycles. The predicted molar refractivity (Wildman–Crippen MR) is 65.8 cm³/mol. The molecule has 0 rings (SSSR count). The van der Waals surface area contributed by atoms with Crippen molar-refractivity contribution in [2.24, 2.45) is 0 Å². The third kappa shape index (κ3) is 11.2. The van der Waals surface area contributed by atoms with E-state index in [1.54, 1.807) is 6.92 Å². The van der Waals surface area contributed by atoms with Crippen LogP contribution in [0.3, 0.4) is 0 Å². The first-order chi connectivity index (χ1) is 9.07. The van der Waals surface area contributed by atoms with Gasteiger partial charge in [0.1, 0.15) is 13.2 Å². The molecule has 0 aromatic rings. The Morgan fingerprint density at radius 3 is 1.84 bits per heavy atom. The monoisotopic (exact) mass is 276 g/mol. The Bertz CT molecular complexity index is 288. The normalized spacial score (nSPS) is 9.79. The van der Waals surface area contributed by atoms with Gasteiger partial charge >= 0.3 is 12.1 Å². The van der Waals surface area contributed by atoms with Crippen LogP contribution < -0.4 is 0 Å². The zero-order valence-electron chi connectivity index (χ0n) is 11.3. The van der Waals surface area contributed by atoms with E-state index in [4.69, 9.17) is 14.2 Å². The summed E-state index contributed by atoms with van der Waals surface area (Å²) in [6.45, 7) is 6.62. The van der Waals surface area contributed by atoms with E-state index in [0.717, 1.165) is 0 Å². The molecule has 0 fully saturated rings. The smallest absolute Gasteiger partial charge is 0.460 e. The molecule has 7 nitrogen and oxygen atoms in total. The molecule has 0 spiro atoms. The van der Waals surface area contributed by atoms with Gasteiger partial charge in [0, 0.05) is 5.57 Å². The van der Waals surface area contributed by atoms with Crippen molar-refractivity contribution in [1.82, 2.24) is 0 Å². The third-order valence-corrected chi connectivity index (χ3v) is 1.80. The lowest BCUT2D eigenvalue weighted by atomic mass is 10.4. The Morgan fingerprint density at radius 2 is 1.37 bits per heavy atom. The molecule has 0 bridgehead atoms. The Hall–Kier alpha value is -1.60. The molecule has 0 atom stereocenters. The van der Waals surface area contributed by atoms with E-state index < -0.39 is 12.1 Å². The maximum Gasteiger partial charge on any atom is 0.508 e. The lowest BCUT2D eigenvalue weighted by Gasteiger charge is -2.07. The molecule has 0 unspecified atom stereocenters. The summed E-state index contributed by atoms with van der Waals surface area (Å²) in [4.78, 5) is 21.5. The standard InChI is InChI=1S/C12H20O7/c1-10(2)11(13)18-8-6-16-4-5-17-7-9-19-12(14)15-3/h1,4-9H2,2-3H3. The summed E-state index contributed by atoms with van der Waals surface area (Å²) in [7, 11) is 1.23. The van der Waals surface area contributed by atoms with Crippen LogP contribution in [0.25, 0.3) is 0 Å². The topological polar surface area (TPSA) is 80.3 Å². The molecule has 19 heavy (non-hydrogen) atoms. The van der Waals surface area contributed by atoms with Crippen LogP contribution in [0.1, 0.15) is 6.92 Å². The minimum Gasteiger partial charge on any atom is -0.460 e. The molecule has 0 N–H and O–H groups in total. The van der Waals surface area contributed by atoms with Gasteiger partial charge in [-0.3, -0.25) is 0 Å². The second-order valence-corrected chi connectivity index (χ2v) is 3.44. The molecule has 0 aromatic heterocycles. The molecule has 110 valence electrons. The zero-order chi connectivity index (χ0) is 14.5. The number of ether oxygens (including phenoxy) is 5. The largest absolute Gasteiger partial charge is 0.508 e. The van der Waals surface area contributed by atoms with Gasteiger partial charge in [0.15, 0.2) is 0 Å². The Morgan fingerprint density at radius 1 is 0.895 bits per heavy atom. The van der Waals surface area contributed by atoms with Gasteiger partial charge < -0.3 is 23.7 Å². The number of esters is 1. The van der Waals surface area contributed by atoms with E-state index in [-0.39, 0.29) is 19.8 Å². The minimum atomic E-state index is -0.737. The molecule has 7 heteroatoms. The van der Waals surface area contributed by atoms with Crippen LogP contribution in [0, 0.1) is 0 Å². The van der Waals surface area contributed by atoms with Crippen LogP contribution >= 0.6 is 0 Å². The number of hydrogen-bond acceptors (Lipinski definition) is 7. The van der Waals surface area contributed by atoms with Crippen LogP contribution in [0.15, 0.2) is 12.2 Å². The van der Waals surface area contributed by atoms with E-state index in [1.165, 1.54) is 7.11 Å². The van der Waals surface area contributed by atoms with Gasteiger partial charge in [-0.2, -0.15) is 0 Å². The molecule has 0 amide bonds. The van der Waals surface area contributed by atoms with Crippen molar-refractivity contribution in [3.8, 4) is 0 Å². The van der Waals surface area contributed by atoms with Gasteiger partial charge in [-0.25, -0.2) is 9.59 Å². The van der Waals surface area contributed by atoms with Gasteiger partial charge in [0.05, 0.1) is 33.5 Å². The summed E-state index contributed by atoms with van der Waals surface area (Å²) in [6.07, 6.45) is -0.737. The molecule has 0 aromatic carbocycles. The fourth-order valence-corrected chi connectivity index (χ4v) is 0.881. The van der Waals surface area contributed by atoms with E-state index in [2.05, 4.69) is 16.1 Å². The molecule has 0 aliphatic heterocycles. The van der Waals surface area contributed by atoms with Crippen molar-refractivity contribution < 1.29 is 33.3 Å². The highest BCUT2D eigenvalue weighted by Gasteiger charge is 2.02. The van der Waals surface area contributed by atoms with Crippen LogP contribution in [0.5, 0.6) is 0 Å². The van der Waals surface area contributed by atoms with E-state index >= 15 is 0 Å². The van der Waals surface area contributed by atoms with Crippen molar-refractivity contribution in [1.29, 1.82) is 0 Å². The summed E-state index contributed by atoms with van der Waals surface area (Å²) in [5.74, 6) is -0.431. The lowest BCUT2D eigenvalue weighted by Crippen LogP contribution is -2.15. The van der Waals surface area contributed by atoms with Crippen molar-refractivity contribution >= 4 is 12.1 Å².